The van der Waals surface area contributed by atoms with Crippen molar-refractivity contribution >= 4 is 27.8 Å². The van der Waals surface area contributed by atoms with E-state index in [4.69, 9.17) is 4.74 Å². The molecule has 35 heavy (non-hydrogen) atoms. The Bertz CT molecular complexity index is 1110. The summed E-state index contributed by atoms with van der Waals surface area (Å²) in [6, 6.07) is 2.82. The van der Waals surface area contributed by atoms with Crippen LogP contribution >= 0.6 is 0 Å². The van der Waals surface area contributed by atoms with Gasteiger partial charge in [-0.3, -0.25) is 24.6 Å². The van der Waals surface area contributed by atoms with Crippen molar-refractivity contribution in [1.82, 2.24) is 14.5 Å². The summed E-state index contributed by atoms with van der Waals surface area (Å²) in [5, 5.41) is 3.02. The van der Waals surface area contributed by atoms with Crippen molar-refractivity contribution in [3.8, 4) is 5.75 Å². The molecule has 0 aromatic heterocycles. The second-order valence-electron chi connectivity index (χ2n) is 8.28. The van der Waals surface area contributed by atoms with Gasteiger partial charge in [0, 0.05) is 26.2 Å². The van der Waals surface area contributed by atoms with Crippen molar-refractivity contribution in [1.29, 1.82) is 0 Å². The van der Waals surface area contributed by atoms with Crippen LogP contribution in [0, 0.1) is 11.8 Å². The van der Waals surface area contributed by atoms with Gasteiger partial charge in [-0.1, -0.05) is 13.8 Å². The SMILES string of the molecule is CCN(C[C@H]1N[C@@](CC)(C(=O)OC)[C@H]2C(=O)N(C)C(=O)[C@@H]12)S(=O)(=O)c1ccc(OC(F)(F)F)cc1. The first-order chi connectivity index (χ1) is 16.2. The van der Waals surface area contributed by atoms with Gasteiger partial charge in [0.2, 0.25) is 21.8 Å². The molecule has 2 fully saturated rings. The lowest BCUT2D eigenvalue weighted by Crippen LogP contribution is -2.58. The van der Waals surface area contributed by atoms with Gasteiger partial charge in [0.05, 0.1) is 23.8 Å². The highest BCUT2D eigenvalue weighted by Crippen LogP contribution is 2.45. The molecular formula is C21H26F3N3O7S. The number of likely N-dealkylation sites (N-methyl/N-ethyl adjacent to an activating group) is 1. The average molecular weight is 522 g/mol. The first-order valence-corrected chi connectivity index (χ1v) is 12.2. The van der Waals surface area contributed by atoms with Crippen molar-refractivity contribution in [2.45, 2.75) is 43.1 Å². The number of nitrogens with zero attached hydrogens (tertiary/aromatic N) is 2. The van der Waals surface area contributed by atoms with Gasteiger partial charge < -0.3 is 9.47 Å². The van der Waals surface area contributed by atoms with Gasteiger partial charge in [0.25, 0.3) is 0 Å². The van der Waals surface area contributed by atoms with Gasteiger partial charge in [-0.2, -0.15) is 4.31 Å². The van der Waals surface area contributed by atoms with Crippen molar-refractivity contribution in [2.24, 2.45) is 11.8 Å². The fraction of sp³-hybridized carbons (Fsp3) is 0.571. The lowest BCUT2D eigenvalue weighted by atomic mass is 9.78. The highest BCUT2D eigenvalue weighted by molar-refractivity contribution is 7.89. The summed E-state index contributed by atoms with van der Waals surface area (Å²) in [4.78, 5) is 39.1. The number of hydrogen-bond acceptors (Lipinski definition) is 8. The Kier molecular flexibility index (Phi) is 7.21. The Labute approximate surface area is 200 Å². The molecule has 0 unspecified atom stereocenters. The summed E-state index contributed by atoms with van der Waals surface area (Å²) < 4.78 is 73.4. The molecule has 1 aromatic carbocycles. The van der Waals surface area contributed by atoms with Crippen LogP contribution in [0.25, 0.3) is 0 Å². The molecule has 0 radical (unpaired) electrons. The Hall–Kier alpha value is -2.71. The van der Waals surface area contributed by atoms with Gasteiger partial charge in [-0.15, -0.1) is 13.2 Å². The molecule has 0 saturated carbocycles. The highest BCUT2D eigenvalue weighted by Gasteiger charge is 2.67. The van der Waals surface area contributed by atoms with Gasteiger partial charge >= 0.3 is 12.3 Å². The highest BCUT2D eigenvalue weighted by atomic mass is 32.2. The number of fused-ring (bicyclic) bond motifs is 1. The summed E-state index contributed by atoms with van der Waals surface area (Å²) in [6.45, 7) is 2.88. The molecule has 0 aliphatic carbocycles. The number of hydrogen-bond donors (Lipinski definition) is 1. The van der Waals surface area contributed by atoms with Crippen LogP contribution in [0.3, 0.4) is 0 Å². The molecule has 0 spiro atoms. The predicted octanol–water partition coefficient (Wildman–Crippen LogP) is 1.12. The Morgan fingerprint density at radius 1 is 1.17 bits per heavy atom. The van der Waals surface area contributed by atoms with Gasteiger partial charge in [-0.25, -0.2) is 8.42 Å². The smallest absolute Gasteiger partial charge is 0.468 e. The van der Waals surface area contributed by atoms with Crippen LogP contribution in [0.5, 0.6) is 5.75 Å². The van der Waals surface area contributed by atoms with E-state index in [2.05, 4.69) is 10.1 Å². The average Bonchev–Trinajstić information content (AvgIpc) is 3.25. The van der Waals surface area contributed by atoms with Crippen molar-refractivity contribution in [3.63, 3.8) is 0 Å². The molecular weight excluding hydrogens is 495 g/mol. The molecule has 2 heterocycles. The first kappa shape index (κ1) is 26.9. The van der Waals surface area contributed by atoms with E-state index in [0.29, 0.717) is 0 Å². The van der Waals surface area contributed by atoms with Gasteiger partial charge in [-0.05, 0) is 30.7 Å². The number of rotatable bonds is 8. The number of nitrogens with one attached hydrogen (secondary N) is 1. The van der Waals surface area contributed by atoms with Crippen LogP contribution in [-0.2, 0) is 29.1 Å². The van der Waals surface area contributed by atoms with Gasteiger partial charge in [0.1, 0.15) is 11.3 Å². The molecule has 10 nitrogen and oxygen atoms in total. The molecule has 14 heteroatoms. The van der Waals surface area contributed by atoms with Crippen molar-refractivity contribution in [3.05, 3.63) is 24.3 Å². The third-order valence-corrected chi connectivity index (χ3v) is 8.49. The Morgan fingerprint density at radius 3 is 2.26 bits per heavy atom. The number of imide groups is 1. The maximum absolute atomic E-state index is 13.3. The van der Waals surface area contributed by atoms with Crippen LogP contribution in [0.4, 0.5) is 13.2 Å². The van der Waals surface area contributed by atoms with Crippen molar-refractivity contribution in [2.75, 3.05) is 27.2 Å². The van der Waals surface area contributed by atoms with E-state index in [0.717, 1.165) is 40.6 Å². The maximum atomic E-state index is 13.3. The maximum Gasteiger partial charge on any atom is 0.573 e. The molecule has 0 bridgehead atoms. The molecule has 194 valence electrons. The fourth-order valence-corrected chi connectivity index (χ4v) is 6.32. The molecule has 2 saturated heterocycles. The van der Waals surface area contributed by atoms with E-state index in [9.17, 15) is 36.0 Å². The van der Waals surface area contributed by atoms with Crippen LogP contribution in [0.2, 0.25) is 0 Å². The summed E-state index contributed by atoms with van der Waals surface area (Å²) in [6.07, 6.45) is -4.81. The number of ether oxygens (including phenoxy) is 2. The lowest BCUT2D eigenvalue weighted by molar-refractivity contribution is -0.274. The third-order valence-electron chi connectivity index (χ3n) is 6.53. The number of halogens is 3. The van der Waals surface area contributed by atoms with E-state index in [-0.39, 0.29) is 24.4 Å². The second-order valence-corrected chi connectivity index (χ2v) is 10.2. The summed E-state index contributed by atoms with van der Waals surface area (Å²) in [5.74, 6) is -4.49. The zero-order valence-corrected chi connectivity index (χ0v) is 20.3. The monoisotopic (exact) mass is 521 g/mol. The van der Waals surface area contributed by atoms with Crippen LogP contribution in [-0.4, -0.2) is 80.6 Å². The molecule has 2 aliphatic rings. The number of carbonyl (C=O) groups is 3. The number of esters is 1. The van der Waals surface area contributed by atoms with Crippen LogP contribution in [0.1, 0.15) is 20.3 Å². The van der Waals surface area contributed by atoms with E-state index in [1.54, 1.807) is 13.8 Å². The molecule has 2 aliphatic heterocycles. The number of sulfonamides is 1. The van der Waals surface area contributed by atoms with Crippen LogP contribution in [0.15, 0.2) is 29.2 Å². The number of benzene rings is 1. The molecule has 1 aromatic rings. The minimum Gasteiger partial charge on any atom is -0.468 e. The van der Waals surface area contributed by atoms with Crippen LogP contribution < -0.4 is 10.1 Å². The first-order valence-electron chi connectivity index (χ1n) is 10.8. The molecule has 4 atom stereocenters. The lowest BCUT2D eigenvalue weighted by Gasteiger charge is -2.31. The summed E-state index contributed by atoms with van der Waals surface area (Å²) >= 11 is 0. The number of alkyl halides is 3. The zero-order chi connectivity index (χ0) is 26.3. The Morgan fingerprint density at radius 2 is 1.77 bits per heavy atom. The topological polar surface area (TPSA) is 122 Å². The van der Waals surface area contributed by atoms with E-state index >= 15 is 0 Å². The predicted molar refractivity (Wildman–Crippen MR) is 114 cm³/mol. The fourth-order valence-electron chi connectivity index (χ4n) is 4.84. The number of carbonyl (C=O) groups excluding carboxylic acids is 3. The third kappa shape index (κ3) is 4.61. The number of likely N-dealkylation sites (tertiary alicyclic amines) is 1. The number of amides is 2. The zero-order valence-electron chi connectivity index (χ0n) is 19.5. The number of methoxy groups -OCH3 is 1. The van der Waals surface area contributed by atoms with E-state index in [1.807, 2.05) is 0 Å². The standard InChI is InChI=1S/C21H26F3N3O7S/c1-5-20(19(30)33-4)16-15(17(28)26(3)18(16)29)14(25-20)11-27(6-2)35(31,32)13-9-7-12(8-10-13)34-21(22,23)24/h7-10,14-16,25H,5-6,11H2,1-4H3/t14-,15+,16-,20-/m1/s1. The quantitative estimate of drug-likeness (QED) is 0.399. The summed E-state index contributed by atoms with van der Waals surface area (Å²) in [7, 11) is -1.75. The van der Waals surface area contributed by atoms with Gasteiger partial charge in [0.15, 0.2) is 0 Å². The van der Waals surface area contributed by atoms with E-state index < -0.39 is 63.3 Å². The minimum atomic E-state index is -4.93. The Balaban J connectivity index is 1.93. The van der Waals surface area contributed by atoms with E-state index in [1.165, 1.54) is 7.05 Å². The molecule has 3 rings (SSSR count). The van der Waals surface area contributed by atoms with Crippen molar-refractivity contribution < 1.29 is 45.4 Å². The molecule has 1 N–H and O–H groups in total. The summed E-state index contributed by atoms with van der Waals surface area (Å²) in [5.41, 5.74) is -1.51. The largest absolute Gasteiger partial charge is 0.573 e. The molecule has 2 amide bonds. The second kappa shape index (κ2) is 9.39. The minimum absolute atomic E-state index is 0.0476. The normalized spacial score (nSPS) is 26.9.